The molecule has 0 unspecified atom stereocenters. The molecule has 0 saturated carbocycles. The van der Waals surface area contributed by atoms with Gasteiger partial charge in [-0.3, -0.25) is 4.79 Å². The molecule has 0 aliphatic heterocycles. The Morgan fingerprint density at radius 2 is 2.05 bits per heavy atom. The predicted molar refractivity (Wildman–Crippen MR) is 79.7 cm³/mol. The van der Waals surface area contributed by atoms with E-state index in [1.54, 1.807) is 41.3 Å². The summed E-state index contributed by atoms with van der Waals surface area (Å²) in [5.74, 6) is 1.30. The zero-order valence-electron chi connectivity index (χ0n) is 11.6. The fourth-order valence-corrected chi connectivity index (χ4v) is 1.79. The number of nitrogens with zero attached hydrogens (tertiary/aromatic N) is 4. The number of ether oxygens (including phenoxy) is 1. The van der Waals surface area contributed by atoms with Crippen LogP contribution in [0.1, 0.15) is 0 Å². The van der Waals surface area contributed by atoms with Crippen LogP contribution in [0.2, 0.25) is 0 Å². The maximum Gasteiger partial charge on any atom is 0.263 e. The van der Waals surface area contributed by atoms with Crippen LogP contribution in [0.15, 0.2) is 61.2 Å². The second-order valence-corrected chi connectivity index (χ2v) is 4.36. The molecule has 0 saturated heterocycles. The first-order chi connectivity index (χ1) is 10.8. The van der Waals surface area contributed by atoms with Crippen LogP contribution < -0.4 is 10.1 Å². The van der Waals surface area contributed by atoms with Crippen LogP contribution in [0.3, 0.4) is 0 Å². The summed E-state index contributed by atoms with van der Waals surface area (Å²) in [6.45, 7) is -0.0921. The Balaban J connectivity index is 1.61. The van der Waals surface area contributed by atoms with Gasteiger partial charge in [0.25, 0.3) is 5.91 Å². The molecule has 0 bridgehead atoms. The first-order valence-corrected chi connectivity index (χ1v) is 6.61. The molecule has 7 nitrogen and oxygen atoms in total. The Bertz CT molecular complexity index is 744. The summed E-state index contributed by atoms with van der Waals surface area (Å²) >= 11 is 0. The minimum absolute atomic E-state index is 0.0921. The van der Waals surface area contributed by atoms with E-state index in [2.05, 4.69) is 20.4 Å². The Morgan fingerprint density at radius 3 is 2.82 bits per heavy atom. The van der Waals surface area contributed by atoms with Gasteiger partial charge in [-0.25, -0.2) is 14.6 Å². The van der Waals surface area contributed by atoms with Gasteiger partial charge in [-0.1, -0.05) is 18.2 Å². The molecule has 1 N–H and O–H groups in total. The highest BCUT2D eigenvalue weighted by molar-refractivity contribution is 5.91. The second kappa shape index (κ2) is 6.49. The van der Waals surface area contributed by atoms with Crippen LogP contribution in [0.4, 0.5) is 5.82 Å². The van der Waals surface area contributed by atoms with Crippen molar-refractivity contribution in [2.24, 2.45) is 0 Å². The van der Waals surface area contributed by atoms with Gasteiger partial charge in [0.2, 0.25) is 0 Å². The van der Waals surface area contributed by atoms with Crippen molar-refractivity contribution in [3.8, 4) is 11.6 Å². The third-order valence-corrected chi connectivity index (χ3v) is 2.77. The summed E-state index contributed by atoms with van der Waals surface area (Å²) in [4.78, 5) is 20.0. The lowest BCUT2D eigenvalue weighted by Crippen LogP contribution is -2.21. The third kappa shape index (κ3) is 3.45. The molecular weight excluding hydrogens is 282 g/mol. The molecule has 0 atom stereocenters. The van der Waals surface area contributed by atoms with Crippen molar-refractivity contribution in [3.05, 3.63) is 61.2 Å². The Kier molecular flexibility index (Phi) is 4.05. The van der Waals surface area contributed by atoms with E-state index in [0.717, 1.165) is 0 Å². The van der Waals surface area contributed by atoms with Gasteiger partial charge in [-0.05, 0) is 18.2 Å². The highest BCUT2D eigenvalue weighted by atomic mass is 16.5. The van der Waals surface area contributed by atoms with Crippen LogP contribution in [0, 0.1) is 0 Å². The van der Waals surface area contributed by atoms with E-state index in [4.69, 9.17) is 4.74 Å². The highest BCUT2D eigenvalue weighted by Crippen LogP contribution is 2.10. The quantitative estimate of drug-likeness (QED) is 0.774. The van der Waals surface area contributed by atoms with E-state index < -0.39 is 0 Å². The fourth-order valence-electron chi connectivity index (χ4n) is 1.79. The molecule has 3 rings (SSSR count). The van der Waals surface area contributed by atoms with Crippen molar-refractivity contribution in [1.82, 2.24) is 19.7 Å². The number of benzene rings is 1. The van der Waals surface area contributed by atoms with E-state index in [0.29, 0.717) is 17.4 Å². The molecular formula is C15H13N5O2. The number of nitrogens with one attached hydrogen (secondary N) is 1. The first kappa shape index (κ1) is 13.7. The van der Waals surface area contributed by atoms with Gasteiger partial charge in [0, 0.05) is 18.5 Å². The van der Waals surface area contributed by atoms with Crippen LogP contribution in [0.5, 0.6) is 5.75 Å². The lowest BCUT2D eigenvalue weighted by molar-refractivity contribution is -0.118. The molecule has 1 amide bonds. The Morgan fingerprint density at radius 1 is 1.18 bits per heavy atom. The average molecular weight is 295 g/mol. The van der Waals surface area contributed by atoms with E-state index in [1.165, 1.54) is 6.33 Å². The summed E-state index contributed by atoms with van der Waals surface area (Å²) in [6.07, 6.45) is 4.77. The van der Waals surface area contributed by atoms with Crippen LogP contribution in [-0.2, 0) is 4.79 Å². The molecule has 0 fully saturated rings. The Hall–Kier alpha value is -3.22. The molecule has 0 aliphatic rings. The van der Waals surface area contributed by atoms with Crippen molar-refractivity contribution >= 4 is 11.7 Å². The molecule has 22 heavy (non-hydrogen) atoms. The smallest absolute Gasteiger partial charge is 0.263 e. The number of aromatic nitrogens is 4. The van der Waals surface area contributed by atoms with E-state index in [1.807, 2.05) is 18.2 Å². The molecule has 0 radical (unpaired) electrons. The molecule has 2 aromatic heterocycles. The number of carbonyl (C=O) groups is 1. The molecule has 3 aromatic rings. The van der Waals surface area contributed by atoms with Gasteiger partial charge in [0.1, 0.15) is 17.9 Å². The van der Waals surface area contributed by atoms with Gasteiger partial charge >= 0.3 is 0 Å². The number of rotatable bonds is 5. The Labute approximate surface area is 126 Å². The topological polar surface area (TPSA) is 81.9 Å². The third-order valence-electron chi connectivity index (χ3n) is 2.77. The summed E-state index contributed by atoms with van der Waals surface area (Å²) in [7, 11) is 0. The van der Waals surface area contributed by atoms with E-state index in [9.17, 15) is 4.79 Å². The van der Waals surface area contributed by atoms with Gasteiger partial charge in [0.15, 0.2) is 12.4 Å². The highest BCUT2D eigenvalue weighted by Gasteiger charge is 2.06. The van der Waals surface area contributed by atoms with Crippen molar-refractivity contribution in [1.29, 1.82) is 0 Å². The molecule has 1 aromatic carbocycles. The van der Waals surface area contributed by atoms with Crippen LogP contribution >= 0.6 is 0 Å². The lowest BCUT2D eigenvalue weighted by Gasteiger charge is -2.07. The lowest BCUT2D eigenvalue weighted by atomic mass is 10.3. The van der Waals surface area contributed by atoms with Crippen molar-refractivity contribution in [2.75, 3.05) is 11.9 Å². The van der Waals surface area contributed by atoms with E-state index in [-0.39, 0.29) is 12.5 Å². The molecule has 7 heteroatoms. The summed E-state index contributed by atoms with van der Waals surface area (Å²) in [5.41, 5.74) is 0. The van der Waals surface area contributed by atoms with Gasteiger partial charge in [0.05, 0.1) is 0 Å². The number of hydrogen-bond donors (Lipinski definition) is 1. The van der Waals surface area contributed by atoms with Gasteiger partial charge < -0.3 is 10.1 Å². The minimum atomic E-state index is -0.297. The SMILES string of the molecule is O=C(COc1ccccc1)Nc1cc(-n2cccn2)ncn1. The minimum Gasteiger partial charge on any atom is -0.484 e. The monoisotopic (exact) mass is 295 g/mol. The molecule has 110 valence electrons. The number of carbonyl (C=O) groups excluding carboxylic acids is 1. The summed E-state index contributed by atoms with van der Waals surface area (Å²) in [6, 6.07) is 12.6. The van der Waals surface area contributed by atoms with E-state index >= 15 is 0 Å². The largest absolute Gasteiger partial charge is 0.484 e. The van der Waals surface area contributed by atoms with Crippen molar-refractivity contribution in [2.45, 2.75) is 0 Å². The second-order valence-electron chi connectivity index (χ2n) is 4.36. The van der Waals surface area contributed by atoms with Crippen molar-refractivity contribution < 1.29 is 9.53 Å². The number of hydrogen-bond acceptors (Lipinski definition) is 5. The van der Waals surface area contributed by atoms with Gasteiger partial charge in [-0.2, -0.15) is 5.10 Å². The number of amides is 1. The van der Waals surface area contributed by atoms with Crippen LogP contribution in [-0.4, -0.2) is 32.3 Å². The maximum atomic E-state index is 11.9. The summed E-state index contributed by atoms with van der Waals surface area (Å²) in [5, 5.41) is 6.73. The average Bonchev–Trinajstić information content (AvgIpc) is 3.09. The number of para-hydroxylation sites is 1. The van der Waals surface area contributed by atoms with Crippen LogP contribution in [0.25, 0.3) is 5.82 Å². The fraction of sp³-hybridized carbons (Fsp3) is 0.0667. The van der Waals surface area contributed by atoms with Gasteiger partial charge in [-0.15, -0.1) is 0 Å². The maximum absolute atomic E-state index is 11.9. The predicted octanol–water partition coefficient (Wildman–Crippen LogP) is 1.68. The van der Waals surface area contributed by atoms with Crippen molar-refractivity contribution in [3.63, 3.8) is 0 Å². The molecule has 0 aliphatic carbocycles. The zero-order chi connectivity index (χ0) is 15.2. The summed E-state index contributed by atoms with van der Waals surface area (Å²) < 4.78 is 6.95. The first-order valence-electron chi connectivity index (χ1n) is 6.61. The molecule has 0 spiro atoms. The normalized spacial score (nSPS) is 10.2. The molecule has 2 heterocycles. The zero-order valence-corrected chi connectivity index (χ0v) is 11.6. The standard InChI is InChI=1S/C15H13N5O2/c21-15(10-22-12-5-2-1-3-6-12)19-13-9-14(17-11-16-13)20-8-4-7-18-20/h1-9,11H,10H2,(H,16,17,19,21). The number of anilines is 1.